The van der Waals surface area contributed by atoms with Crippen molar-refractivity contribution in [2.75, 3.05) is 0 Å². The van der Waals surface area contributed by atoms with Crippen molar-refractivity contribution in [1.29, 1.82) is 0 Å². The molecule has 0 saturated heterocycles. The largest absolute Gasteiger partial charge is 0.487 e. The highest BCUT2D eigenvalue weighted by Crippen LogP contribution is 2.29. The predicted octanol–water partition coefficient (Wildman–Crippen LogP) is 3.75. The summed E-state index contributed by atoms with van der Waals surface area (Å²) in [5.41, 5.74) is 2.72. The maximum Gasteiger partial charge on any atom is 0.352 e. The number of hydrogen-bond acceptors (Lipinski definition) is 2. The Labute approximate surface area is 122 Å². The zero-order valence-electron chi connectivity index (χ0n) is 11.6. The minimum absolute atomic E-state index is 0.209. The summed E-state index contributed by atoms with van der Waals surface area (Å²) in [7, 11) is 0. The molecule has 0 amide bonds. The van der Waals surface area contributed by atoms with Crippen molar-refractivity contribution in [2.24, 2.45) is 0 Å². The van der Waals surface area contributed by atoms with Gasteiger partial charge in [0.25, 0.3) is 0 Å². The second kappa shape index (κ2) is 5.32. The molecule has 2 aromatic carbocycles. The maximum atomic E-state index is 11.2. The van der Waals surface area contributed by atoms with Crippen molar-refractivity contribution >= 4 is 16.9 Å². The SMILES string of the molecule is Cc1c(C(=O)O)[nH]c2c(OCc3ccccc3)cccc12. The summed E-state index contributed by atoms with van der Waals surface area (Å²) < 4.78 is 5.83. The summed E-state index contributed by atoms with van der Waals surface area (Å²) in [6, 6.07) is 15.5. The zero-order chi connectivity index (χ0) is 14.8. The van der Waals surface area contributed by atoms with Gasteiger partial charge in [-0.15, -0.1) is 0 Å². The first-order valence-corrected chi connectivity index (χ1v) is 6.68. The van der Waals surface area contributed by atoms with Crippen LogP contribution in [0.25, 0.3) is 10.9 Å². The quantitative estimate of drug-likeness (QED) is 0.765. The summed E-state index contributed by atoms with van der Waals surface area (Å²) >= 11 is 0. The molecule has 0 saturated carbocycles. The summed E-state index contributed by atoms with van der Waals surface area (Å²) in [5, 5.41) is 10.1. The van der Waals surface area contributed by atoms with Crippen LogP contribution in [-0.2, 0) is 6.61 Å². The number of aromatic carboxylic acids is 1. The molecule has 0 spiro atoms. The van der Waals surface area contributed by atoms with Gasteiger partial charge in [0, 0.05) is 5.39 Å². The van der Waals surface area contributed by atoms with Crippen LogP contribution >= 0.6 is 0 Å². The number of benzene rings is 2. The second-order valence-electron chi connectivity index (χ2n) is 4.88. The van der Waals surface area contributed by atoms with E-state index in [-0.39, 0.29) is 5.69 Å². The van der Waals surface area contributed by atoms with E-state index in [1.807, 2.05) is 48.5 Å². The molecule has 4 nitrogen and oxygen atoms in total. The summed E-state index contributed by atoms with van der Waals surface area (Å²) in [4.78, 5) is 14.2. The van der Waals surface area contributed by atoms with Gasteiger partial charge in [-0.3, -0.25) is 0 Å². The summed E-state index contributed by atoms with van der Waals surface area (Å²) in [6.07, 6.45) is 0. The van der Waals surface area contributed by atoms with Crippen LogP contribution < -0.4 is 4.74 Å². The lowest BCUT2D eigenvalue weighted by Crippen LogP contribution is -1.98. The van der Waals surface area contributed by atoms with Gasteiger partial charge in [0.05, 0.1) is 5.52 Å². The molecule has 1 heterocycles. The first-order chi connectivity index (χ1) is 10.2. The topological polar surface area (TPSA) is 62.3 Å². The van der Waals surface area contributed by atoms with Crippen molar-refractivity contribution in [3.05, 3.63) is 65.4 Å². The lowest BCUT2D eigenvalue weighted by molar-refractivity contribution is 0.0691. The average molecular weight is 281 g/mol. The summed E-state index contributed by atoms with van der Waals surface area (Å²) in [5.74, 6) is -0.301. The highest BCUT2D eigenvalue weighted by Gasteiger charge is 2.15. The molecule has 21 heavy (non-hydrogen) atoms. The predicted molar refractivity (Wildman–Crippen MR) is 80.8 cm³/mol. The number of rotatable bonds is 4. The van der Waals surface area contributed by atoms with Crippen LogP contribution in [-0.4, -0.2) is 16.1 Å². The molecule has 3 rings (SSSR count). The van der Waals surface area contributed by atoms with Crippen LogP contribution in [0, 0.1) is 6.92 Å². The van der Waals surface area contributed by atoms with E-state index in [9.17, 15) is 9.90 Å². The van der Waals surface area contributed by atoms with Crippen molar-refractivity contribution < 1.29 is 14.6 Å². The third kappa shape index (κ3) is 2.48. The average Bonchev–Trinajstić information content (AvgIpc) is 2.84. The molecule has 3 aromatic rings. The molecule has 106 valence electrons. The number of aryl methyl sites for hydroxylation is 1. The highest BCUT2D eigenvalue weighted by molar-refractivity contribution is 5.99. The fraction of sp³-hybridized carbons (Fsp3) is 0.118. The maximum absolute atomic E-state index is 11.2. The van der Waals surface area contributed by atoms with Gasteiger partial charge in [0.1, 0.15) is 18.1 Å². The van der Waals surface area contributed by atoms with Crippen LogP contribution in [0.3, 0.4) is 0 Å². The molecule has 0 aliphatic rings. The summed E-state index contributed by atoms with van der Waals surface area (Å²) in [6.45, 7) is 2.24. The third-order valence-corrected chi connectivity index (χ3v) is 3.51. The molecule has 1 aromatic heterocycles. The van der Waals surface area contributed by atoms with Crippen molar-refractivity contribution in [3.8, 4) is 5.75 Å². The van der Waals surface area contributed by atoms with Crippen molar-refractivity contribution in [2.45, 2.75) is 13.5 Å². The minimum atomic E-state index is -0.960. The van der Waals surface area contributed by atoms with Gasteiger partial charge in [-0.05, 0) is 24.1 Å². The number of aromatic amines is 1. The van der Waals surface area contributed by atoms with Gasteiger partial charge >= 0.3 is 5.97 Å². The molecule has 0 fully saturated rings. The fourth-order valence-electron chi connectivity index (χ4n) is 2.40. The van der Waals surface area contributed by atoms with E-state index >= 15 is 0 Å². The monoisotopic (exact) mass is 281 g/mol. The molecule has 4 heteroatoms. The first kappa shape index (κ1) is 13.2. The smallest absolute Gasteiger partial charge is 0.352 e. The Bertz CT molecular complexity index is 790. The third-order valence-electron chi connectivity index (χ3n) is 3.51. The Kier molecular flexibility index (Phi) is 3.36. The Balaban J connectivity index is 1.95. The second-order valence-corrected chi connectivity index (χ2v) is 4.88. The van der Waals surface area contributed by atoms with Crippen molar-refractivity contribution in [1.82, 2.24) is 4.98 Å². The molecule has 0 bridgehead atoms. The molecule has 0 radical (unpaired) electrons. The lowest BCUT2D eigenvalue weighted by atomic mass is 10.1. The van der Waals surface area contributed by atoms with E-state index in [0.717, 1.165) is 22.0 Å². The zero-order valence-corrected chi connectivity index (χ0v) is 11.6. The van der Waals surface area contributed by atoms with Gasteiger partial charge in [0.15, 0.2) is 0 Å². The fourth-order valence-corrected chi connectivity index (χ4v) is 2.40. The van der Waals surface area contributed by atoms with E-state index in [1.54, 1.807) is 6.92 Å². The van der Waals surface area contributed by atoms with Gasteiger partial charge in [-0.2, -0.15) is 0 Å². The number of nitrogens with one attached hydrogen (secondary N) is 1. The van der Waals surface area contributed by atoms with E-state index in [1.165, 1.54) is 0 Å². The van der Waals surface area contributed by atoms with Gasteiger partial charge in [-0.25, -0.2) is 4.79 Å². The van der Waals surface area contributed by atoms with Gasteiger partial charge in [0.2, 0.25) is 0 Å². The number of carboxylic acid groups (broad SMARTS) is 1. The minimum Gasteiger partial charge on any atom is -0.487 e. The molecular formula is C17H15NO3. The molecule has 0 aliphatic carbocycles. The Hall–Kier alpha value is -2.75. The normalized spacial score (nSPS) is 10.7. The molecule has 0 unspecified atom stereocenters. The van der Waals surface area contributed by atoms with E-state index < -0.39 is 5.97 Å². The van der Waals surface area contributed by atoms with Crippen LogP contribution in [0.15, 0.2) is 48.5 Å². The number of aromatic nitrogens is 1. The standard InChI is InChI=1S/C17H15NO3/c1-11-13-8-5-9-14(16(13)18-15(11)17(19)20)21-10-12-6-3-2-4-7-12/h2-9,18H,10H2,1H3,(H,19,20). The van der Waals surface area contributed by atoms with E-state index in [4.69, 9.17) is 4.74 Å². The van der Waals surface area contributed by atoms with E-state index in [2.05, 4.69) is 4.98 Å². The molecule has 0 aliphatic heterocycles. The number of H-pyrrole nitrogens is 1. The van der Waals surface area contributed by atoms with Crippen LogP contribution in [0.4, 0.5) is 0 Å². The lowest BCUT2D eigenvalue weighted by Gasteiger charge is -2.07. The van der Waals surface area contributed by atoms with Crippen LogP contribution in [0.5, 0.6) is 5.75 Å². The van der Waals surface area contributed by atoms with E-state index in [0.29, 0.717) is 12.4 Å². The molecular weight excluding hydrogens is 266 g/mol. The molecule has 2 N–H and O–H groups in total. The first-order valence-electron chi connectivity index (χ1n) is 6.68. The Morgan fingerprint density at radius 2 is 1.90 bits per heavy atom. The Morgan fingerprint density at radius 3 is 2.62 bits per heavy atom. The number of hydrogen-bond donors (Lipinski definition) is 2. The number of carbonyl (C=O) groups is 1. The Morgan fingerprint density at radius 1 is 1.14 bits per heavy atom. The number of carboxylic acids is 1. The van der Waals surface area contributed by atoms with Crippen LogP contribution in [0.2, 0.25) is 0 Å². The van der Waals surface area contributed by atoms with Gasteiger partial charge in [-0.1, -0.05) is 42.5 Å². The molecule has 0 atom stereocenters. The highest BCUT2D eigenvalue weighted by atomic mass is 16.5. The number of fused-ring (bicyclic) bond motifs is 1. The van der Waals surface area contributed by atoms with Gasteiger partial charge < -0.3 is 14.8 Å². The van der Waals surface area contributed by atoms with Crippen molar-refractivity contribution in [3.63, 3.8) is 0 Å². The number of ether oxygens (including phenoxy) is 1. The number of para-hydroxylation sites is 1. The van der Waals surface area contributed by atoms with Crippen LogP contribution in [0.1, 0.15) is 21.6 Å².